The van der Waals surface area contributed by atoms with Crippen LogP contribution in [-0.4, -0.2) is 5.91 Å². The second kappa shape index (κ2) is 6.35. The number of carbonyl (C=O) groups excluding carboxylic acids is 1. The molecule has 0 saturated heterocycles. The first kappa shape index (κ1) is 14.3. The molecule has 0 bridgehead atoms. The molecule has 3 heteroatoms. The maximum atomic E-state index is 12.2. The van der Waals surface area contributed by atoms with E-state index in [4.69, 9.17) is 5.73 Å². The maximum absolute atomic E-state index is 12.2. The van der Waals surface area contributed by atoms with Crippen molar-refractivity contribution in [2.75, 3.05) is 0 Å². The van der Waals surface area contributed by atoms with Gasteiger partial charge in [0.05, 0.1) is 6.04 Å². The highest BCUT2D eigenvalue weighted by Gasteiger charge is 2.18. The number of benzene rings is 2. The Morgan fingerprint density at radius 3 is 2.30 bits per heavy atom. The molecule has 1 unspecified atom stereocenters. The highest BCUT2D eigenvalue weighted by molar-refractivity contribution is 5.83. The molecular weight excluding hydrogens is 248 g/mol. The maximum Gasteiger partial charge on any atom is 0.241 e. The molecule has 2 atom stereocenters. The van der Waals surface area contributed by atoms with Crippen molar-refractivity contribution in [3.63, 3.8) is 0 Å². The number of nitrogens with two attached hydrogens (primary N) is 1. The smallest absolute Gasteiger partial charge is 0.241 e. The van der Waals surface area contributed by atoms with Crippen molar-refractivity contribution in [3.8, 4) is 0 Å². The molecular formula is C17H20N2O. The summed E-state index contributed by atoms with van der Waals surface area (Å²) in [5.41, 5.74) is 9.09. The van der Waals surface area contributed by atoms with Crippen molar-refractivity contribution in [3.05, 3.63) is 71.3 Å². The van der Waals surface area contributed by atoms with Gasteiger partial charge in [0.1, 0.15) is 6.04 Å². The van der Waals surface area contributed by atoms with Gasteiger partial charge in [0.15, 0.2) is 0 Å². The van der Waals surface area contributed by atoms with Crippen LogP contribution in [0.1, 0.15) is 35.7 Å². The summed E-state index contributed by atoms with van der Waals surface area (Å²) in [6, 6.07) is 16.7. The highest BCUT2D eigenvalue weighted by atomic mass is 16.2. The number of hydrogen-bond acceptors (Lipinski definition) is 2. The van der Waals surface area contributed by atoms with Crippen molar-refractivity contribution < 1.29 is 4.79 Å². The van der Waals surface area contributed by atoms with Gasteiger partial charge in [-0.3, -0.25) is 4.79 Å². The van der Waals surface area contributed by atoms with Crippen LogP contribution in [0.4, 0.5) is 0 Å². The van der Waals surface area contributed by atoms with Crippen LogP contribution in [-0.2, 0) is 4.79 Å². The quantitative estimate of drug-likeness (QED) is 0.896. The molecule has 0 aliphatic rings. The first-order chi connectivity index (χ1) is 9.59. The third-order valence-corrected chi connectivity index (χ3v) is 3.45. The summed E-state index contributed by atoms with van der Waals surface area (Å²) < 4.78 is 0. The fourth-order valence-electron chi connectivity index (χ4n) is 2.27. The Labute approximate surface area is 119 Å². The molecule has 3 N–H and O–H groups in total. The third kappa shape index (κ3) is 3.25. The van der Waals surface area contributed by atoms with Crippen LogP contribution in [0.15, 0.2) is 54.6 Å². The first-order valence-corrected chi connectivity index (χ1v) is 6.76. The molecule has 2 aromatic carbocycles. The molecule has 0 saturated carbocycles. The van der Waals surface area contributed by atoms with Gasteiger partial charge in [-0.2, -0.15) is 0 Å². The Morgan fingerprint density at radius 2 is 1.65 bits per heavy atom. The van der Waals surface area contributed by atoms with Crippen LogP contribution in [0.3, 0.4) is 0 Å². The molecule has 0 radical (unpaired) electrons. The minimum absolute atomic E-state index is 0.0570. The van der Waals surface area contributed by atoms with Crippen LogP contribution in [0, 0.1) is 6.92 Å². The number of carbonyl (C=O) groups is 1. The lowest BCUT2D eigenvalue weighted by atomic mass is 10.0. The van der Waals surface area contributed by atoms with Crippen LogP contribution in [0.2, 0.25) is 0 Å². The van der Waals surface area contributed by atoms with E-state index in [1.807, 2.05) is 68.4 Å². The number of aryl methyl sites for hydroxylation is 1. The number of amides is 1. The molecule has 0 aliphatic heterocycles. The second-order valence-corrected chi connectivity index (χ2v) is 4.98. The summed E-state index contributed by atoms with van der Waals surface area (Å²) in [5, 5.41) is 2.97. The summed E-state index contributed by atoms with van der Waals surface area (Å²) in [6.07, 6.45) is 0. The van der Waals surface area contributed by atoms with Gasteiger partial charge < -0.3 is 11.1 Å². The van der Waals surface area contributed by atoms with E-state index in [2.05, 4.69) is 5.32 Å². The van der Waals surface area contributed by atoms with Crippen molar-refractivity contribution in [1.82, 2.24) is 5.32 Å². The minimum Gasteiger partial charge on any atom is -0.348 e. The normalized spacial score (nSPS) is 13.6. The average Bonchev–Trinajstić information content (AvgIpc) is 2.47. The van der Waals surface area contributed by atoms with Gasteiger partial charge in [0, 0.05) is 0 Å². The van der Waals surface area contributed by atoms with E-state index < -0.39 is 6.04 Å². The predicted molar refractivity (Wildman–Crippen MR) is 81.1 cm³/mol. The fourth-order valence-corrected chi connectivity index (χ4v) is 2.27. The Balaban J connectivity index is 2.07. The molecule has 0 heterocycles. The predicted octanol–water partition coefficient (Wildman–Crippen LogP) is 2.87. The van der Waals surface area contributed by atoms with E-state index in [0.717, 1.165) is 16.7 Å². The van der Waals surface area contributed by atoms with E-state index >= 15 is 0 Å². The Bertz CT molecular complexity index is 581. The molecule has 2 aromatic rings. The number of hydrogen-bond donors (Lipinski definition) is 2. The van der Waals surface area contributed by atoms with E-state index in [1.165, 1.54) is 0 Å². The van der Waals surface area contributed by atoms with Gasteiger partial charge in [-0.15, -0.1) is 0 Å². The second-order valence-electron chi connectivity index (χ2n) is 4.98. The standard InChI is InChI=1S/C17H20N2O/c1-12-8-6-7-11-15(12)13(2)19-17(20)16(18)14-9-4-3-5-10-14/h3-11,13,16H,18H2,1-2H3,(H,19,20)/t13-,16?/m1/s1. The van der Waals surface area contributed by atoms with Gasteiger partial charge in [0.25, 0.3) is 0 Å². The topological polar surface area (TPSA) is 55.1 Å². The molecule has 1 amide bonds. The van der Waals surface area contributed by atoms with Crippen LogP contribution < -0.4 is 11.1 Å². The zero-order chi connectivity index (χ0) is 14.5. The van der Waals surface area contributed by atoms with Crippen molar-refractivity contribution in [2.24, 2.45) is 5.73 Å². The zero-order valence-corrected chi connectivity index (χ0v) is 11.8. The molecule has 0 fully saturated rings. The largest absolute Gasteiger partial charge is 0.348 e. The lowest BCUT2D eigenvalue weighted by molar-refractivity contribution is -0.123. The molecule has 104 valence electrons. The summed E-state index contributed by atoms with van der Waals surface area (Å²) in [4.78, 5) is 12.2. The molecule has 20 heavy (non-hydrogen) atoms. The Kier molecular flexibility index (Phi) is 4.53. The van der Waals surface area contributed by atoms with Crippen LogP contribution >= 0.6 is 0 Å². The monoisotopic (exact) mass is 268 g/mol. The Morgan fingerprint density at radius 1 is 1.05 bits per heavy atom. The van der Waals surface area contributed by atoms with Gasteiger partial charge in [-0.1, -0.05) is 54.6 Å². The SMILES string of the molecule is Cc1ccccc1[C@@H](C)NC(=O)C(N)c1ccccc1. The van der Waals surface area contributed by atoms with E-state index in [-0.39, 0.29) is 11.9 Å². The minimum atomic E-state index is -0.636. The Hall–Kier alpha value is -2.13. The summed E-state index contributed by atoms with van der Waals surface area (Å²) in [5.74, 6) is -0.160. The van der Waals surface area contributed by atoms with Gasteiger partial charge in [0.2, 0.25) is 5.91 Å². The first-order valence-electron chi connectivity index (χ1n) is 6.76. The van der Waals surface area contributed by atoms with Gasteiger partial charge >= 0.3 is 0 Å². The lowest BCUT2D eigenvalue weighted by Gasteiger charge is -2.19. The summed E-state index contributed by atoms with van der Waals surface area (Å²) in [7, 11) is 0. The van der Waals surface area contributed by atoms with E-state index in [9.17, 15) is 4.79 Å². The third-order valence-electron chi connectivity index (χ3n) is 3.45. The van der Waals surface area contributed by atoms with E-state index in [1.54, 1.807) is 0 Å². The highest BCUT2D eigenvalue weighted by Crippen LogP contribution is 2.18. The molecule has 0 aliphatic carbocycles. The van der Waals surface area contributed by atoms with Crippen molar-refractivity contribution >= 4 is 5.91 Å². The fraction of sp³-hybridized carbons (Fsp3) is 0.235. The number of rotatable bonds is 4. The number of nitrogens with one attached hydrogen (secondary N) is 1. The molecule has 0 spiro atoms. The summed E-state index contributed by atoms with van der Waals surface area (Å²) >= 11 is 0. The lowest BCUT2D eigenvalue weighted by Crippen LogP contribution is -2.35. The van der Waals surface area contributed by atoms with Crippen LogP contribution in [0.25, 0.3) is 0 Å². The average molecular weight is 268 g/mol. The van der Waals surface area contributed by atoms with E-state index in [0.29, 0.717) is 0 Å². The van der Waals surface area contributed by atoms with Gasteiger partial charge in [-0.25, -0.2) is 0 Å². The van der Waals surface area contributed by atoms with Crippen LogP contribution in [0.5, 0.6) is 0 Å². The van der Waals surface area contributed by atoms with Crippen molar-refractivity contribution in [2.45, 2.75) is 25.9 Å². The molecule has 2 rings (SSSR count). The van der Waals surface area contributed by atoms with Gasteiger partial charge in [-0.05, 0) is 30.5 Å². The van der Waals surface area contributed by atoms with Crippen molar-refractivity contribution in [1.29, 1.82) is 0 Å². The molecule has 0 aromatic heterocycles. The molecule has 3 nitrogen and oxygen atoms in total. The zero-order valence-electron chi connectivity index (χ0n) is 11.8. The summed E-state index contributed by atoms with van der Waals surface area (Å²) in [6.45, 7) is 4.01.